The number of aromatic nitrogens is 2. The molecular weight excluding hydrogens is 348 g/mol. The smallest absolute Gasteiger partial charge is 0.163 e. The van der Waals surface area contributed by atoms with Gasteiger partial charge in [-0.05, 0) is 13.1 Å². The van der Waals surface area contributed by atoms with Gasteiger partial charge in [0.1, 0.15) is 11.6 Å². The molecule has 2 aromatic rings. The van der Waals surface area contributed by atoms with Gasteiger partial charge in [0.05, 0.1) is 0 Å². The maximum Gasteiger partial charge on any atom is 0.163 e. The molecule has 1 aromatic heterocycles. The number of benzene rings is 1. The number of likely N-dealkylation sites (N-methyl/N-ethyl adjacent to an activating group) is 2. The zero-order valence-corrected chi connectivity index (χ0v) is 17.2. The van der Waals surface area contributed by atoms with Crippen LogP contribution in [-0.4, -0.2) is 85.2 Å². The van der Waals surface area contributed by atoms with Crippen molar-refractivity contribution in [1.82, 2.24) is 19.8 Å². The summed E-state index contributed by atoms with van der Waals surface area (Å²) in [5.74, 6) is 2.97. The zero-order chi connectivity index (χ0) is 19.3. The summed E-state index contributed by atoms with van der Waals surface area (Å²) in [5, 5.41) is 0. The van der Waals surface area contributed by atoms with E-state index < -0.39 is 0 Å². The monoisotopic (exact) mass is 380 g/mol. The summed E-state index contributed by atoms with van der Waals surface area (Å²) in [6.07, 6.45) is 0. The van der Waals surface area contributed by atoms with E-state index in [0.29, 0.717) is 0 Å². The van der Waals surface area contributed by atoms with E-state index in [4.69, 9.17) is 9.97 Å². The van der Waals surface area contributed by atoms with E-state index in [9.17, 15) is 0 Å². The van der Waals surface area contributed by atoms with Crippen molar-refractivity contribution in [2.45, 2.75) is 13.8 Å². The van der Waals surface area contributed by atoms with Crippen LogP contribution in [0.25, 0.3) is 11.4 Å². The number of hydrogen-bond donors (Lipinski definition) is 0. The molecule has 0 atom stereocenters. The molecule has 2 fully saturated rings. The molecule has 28 heavy (non-hydrogen) atoms. The minimum Gasteiger partial charge on any atom is -0.354 e. The Balaban J connectivity index is 1.62. The van der Waals surface area contributed by atoms with Crippen molar-refractivity contribution < 1.29 is 0 Å². The van der Waals surface area contributed by atoms with Crippen molar-refractivity contribution in [3.8, 4) is 11.4 Å². The van der Waals surface area contributed by atoms with Gasteiger partial charge in [-0.25, -0.2) is 9.97 Å². The zero-order valence-electron chi connectivity index (χ0n) is 17.2. The molecule has 1 aromatic carbocycles. The van der Waals surface area contributed by atoms with Crippen molar-refractivity contribution in [3.63, 3.8) is 0 Å². The Hall–Kier alpha value is -2.18. The number of rotatable bonds is 5. The van der Waals surface area contributed by atoms with Crippen molar-refractivity contribution >= 4 is 11.6 Å². The topological polar surface area (TPSA) is 38.7 Å². The van der Waals surface area contributed by atoms with Crippen LogP contribution in [0.4, 0.5) is 11.6 Å². The minimum atomic E-state index is 0.837. The average Bonchev–Trinajstić information content (AvgIpc) is 2.79. The lowest BCUT2D eigenvalue weighted by Gasteiger charge is -2.37. The number of anilines is 2. The highest BCUT2D eigenvalue weighted by atomic mass is 15.3. The first-order chi connectivity index (χ1) is 13.8. The van der Waals surface area contributed by atoms with Crippen molar-refractivity contribution in [2.24, 2.45) is 0 Å². The highest BCUT2D eigenvalue weighted by molar-refractivity contribution is 5.62. The fourth-order valence-electron chi connectivity index (χ4n) is 4.05. The lowest BCUT2D eigenvalue weighted by atomic mass is 10.2. The molecule has 0 unspecified atom stereocenters. The van der Waals surface area contributed by atoms with Gasteiger partial charge in [0.25, 0.3) is 0 Å². The molecule has 2 aliphatic heterocycles. The summed E-state index contributed by atoms with van der Waals surface area (Å²) in [6.45, 7) is 15.3. The summed E-state index contributed by atoms with van der Waals surface area (Å²) in [7, 11) is 0. The molecule has 0 N–H and O–H groups in total. The fraction of sp³-hybridized carbons (Fsp3) is 0.545. The van der Waals surface area contributed by atoms with Crippen LogP contribution in [0.1, 0.15) is 13.8 Å². The molecule has 0 bridgehead atoms. The van der Waals surface area contributed by atoms with E-state index in [1.165, 1.54) is 0 Å². The largest absolute Gasteiger partial charge is 0.354 e. The van der Waals surface area contributed by atoms with E-state index in [2.05, 4.69) is 63.8 Å². The first kappa shape index (κ1) is 19.2. The van der Waals surface area contributed by atoms with Crippen LogP contribution in [0.3, 0.4) is 0 Å². The fourth-order valence-corrected chi connectivity index (χ4v) is 4.05. The quantitative estimate of drug-likeness (QED) is 0.793. The van der Waals surface area contributed by atoms with Crippen molar-refractivity contribution in [3.05, 3.63) is 36.4 Å². The molecule has 0 aliphatic carbocycles. The highest BCUT2D eigenvalue weighted by Gasteiger charge is 2.22. The second kappa shape index (κ2) is 8.88. The summed E-state index contributed by atoms with van der Waals surface area (Å²) in [6, 6.07) is 12.6. The molecule has 0 saturated carbocycles. The maximum absolute atomic E-state index is 4.96. The van der Waals surface area contributed by atoms with E-state index in [-0.39, 0.29) is 0 Å². The molecule has 2 saturated heterocycles. The van der Waals surface area contributed by atoms with Gasteiger partial charge in [-0.1, -0.05) is 44.2 Å². The third-order valence-electron chi connectivity index (χ3n) is 6.02. The lowest BCUT2D eigenvalue weighted by molar-refractivity contribution is 0.269. The number of nitrogens with zero attached hydrogens (tertiary/aromatic N) is 6. The Bertz CT molecular complexity index is 707. The molecule has 6 nitrogen and oxygen atoms in total. The average molecular weight is 381 g/mol. The predicted molar refractivity (Wildman–Crippen MR) is 116 cm³/mol. The van der Waals surface area contributed by atoms with Crippen LogP contribution < -0.4 is 9.80 Å². The molecule has 0 spiro atoms. The van der Waals surface area contributed by atoms with Gasteiger partial charge in [0.15, 0.2) is 5.82 Å². The molecule has 2 aliphatic rings. The summed E-state index contributed by atoms with van der Waals surface area (Å²) in [5.41, 5.74) is 1.09. The van der Waals surface area contributed by atoms with Crippen LogP contribution >= 0.6 is 0 Å². The van der Waals surface area contributed by atoms with Gasteiger partial charge >= 0.3 is 0 Å². The first-order valence-electron chi connectivity index (χ1n) is 10.7. The Kier molecular flexibility index (Phi) is 6.07. The van der Waals surface area contributed by atoms with E-state index in [1.807, 2.05) is 6.07 Å². The molecule has 6 heteroatoms. The van der Waals surface area contributed by atoms with Gasteiger partial charge < -0.3 is 19.6 Å². The second-order valence-electron chi connectivity index (χ2n) is 7.62. The normalized spacial score (nSPS) is 19.2. The van der Waals surface area contributed by atoms with E-state index in [1.54, 1.807) is 0 Å². The standard InChI is InChI=1S/C22H32N6/c1-3-25-10-14-27(15-11-25)20-18-21(28-16-12-26(4-2)13-17-28)24-22(23-20)19-8-6-5-7-9-19/h5-9,18H,3-4,10-17H2,1-2H3. The SMILES string of the molecule is CCN1CCN(c2cc(N3CCN(CC)CC3)nc(-c3ccccc3)n2)CC1. The van der Waals surface area contributed by atoms with Crippen molar-refractivity contribution in [1.29, 1.82) is 0 Å². The summed E-state index contributed by atoms with van der Waals surface area (Å²) >= 11 is 0. The van der Waals surface area contributed by atoms with Crippen LogP contribution in [0.15, 0.2) is 36.4 Å². The Morgan fingerprint density at radius 1 is 0.679 bits per heavy atom. The Morgan fingerprint density at radius 2 is 1.14 bits per heavy atom. The van der Waals surface area contributed by atoms with Crippen LogP contribution in [0.2, 0.25) is 0 Å². The third kappa shape index (κ3) is 4.28. The molecule has 4 rings (SSSR count). The lowest BCUT2D eigenvalue weighted by Crippen LogP contribution is -2.47. The second-order valence-corrected chi connectivity index (χ2v) is 7.62. The minimum absolute atomic E-state index is 0.837. The van der Waals surface area contributed by atoms with Crippen molar-refractivity contribution in [2.75, 3.05) is 75.2 Å². The predicted octanol–water partition coefficient (Wildman–Crippen LogP) is 2.43. The summed E-state index contributed by atoms with van der Waals surface area (Å²) in [4.78, 5) is 19.8. The van der Waals surface area contributed by atoms with Crippen LogP contribution in [0, 0.1) is 0 Å². The van der Waals surface area contributed by atoms with E-state index >= 15 is 0 Å². The Labute approximate surface area is 168 Å². The van der Waals surface area contributed by atoms with Gasteiger partial charge in [0, 0.05) is 64.0 Å². The van der Waals surface area contributed by atoms with E-state index in [0.717, 1.165) is 88.5 Å². The third-order valence-corrected chi connectivity index (χ3v) is 6.02. The highest BCUT2D eigenvalue weighted by Crippen LogP contribution is 2.26. The first-order valence-corrected chi connectivity index (χ1v) is 10.7. The van der Waals surface area contributed by atoms with Gasteiger partial charge in [-0.2, -0.15) is 0 Å². The van der Waals surface area contributed by atoms with Crippen LogP contribution in [0.5, 0.6) is 0 Å². The van der Waals surface area contributed by atoms with Gasteiger partial charge in [-0.3, -0.25) is 0 Å². The molecule has 150 valence electrons. The molecule has 0 amide bonds. The number of piperazine rings is 2. The Morgan fingerprint density at radius 3 is 1.57 bits per heavy atom. The molecule has 3 heterocycles. The van der Waals surface area contributed by atoms with Gasteiger partial charge in [0.2, 0.25) is 0 Å². The molecular formula is C22H32N6. The summed E-state index contributed by atoms with van der Waals surface area (Å²) < 4.78 is 0. The number of hydrogen-bond acceptors (Lipinski definition) is 6. The maximum atomic E-state index is 4.96. The van der Waals surface area contributed by atoms with Crippen LogP contribution in [-0.2, 0) is 0 Å². The molecule has 0 radical (unpaired) electrons. The van der Waals surface area contributed by atoms with Gasteiger partial charge in [-0.15, -0.1) is 0 Å².